The van der Waals surface area contributed by atoms with E-state index in [1.807, 2.05) is 6.92 Å². The fourth-order valence-electron chi connectivity index (χ4n) is 5.17. The lowest BCUT2D eigenvalue weighted by molar-refractivity contribution is -0.110. The number of nitrogens with one attached hydrogen (secondary N) is 1. The molecule has 13 heteroatoms. The molecule has 4 atom stereocenters. The molecule has 0 aliphatic heterocycles. The molecule has 0 amide bonds. The lowest BCUT2D eigenvalue weighted by atomic mass is 10.0. The molecule has 248 valence electrons. The third kappa shape index (κ3) is 15.6. The van der Waals surface area contributed by atoms with Gasteiger partial charge in [-0.1, -0.05) is 96.8 Å². The average molecular weight is 630 g/mol. The largest absolute Gasteiger partial charge is 0.382 e. The van der Waals surface area contributed by atoms with Gasteiger partial charge in [0.05, 0.1) is 31.7 Å². The minimum Gasteiger partial charge on any atom is -0.382 e. The van der Waals surface area contributed by atoms with Gasteiger partial charge < -0.3 is 29.4 Å². The van der Waals surface area contributed by atoms with Crippen LogP contribution in [-0.2, 0) is 29.8 Å². The van der Waals surface area contributed by atoms with Crippen molar-refractivity contribution in [3.05, 3.63) is 16.7 Å². The van der Waals surface area contributed by atoms with Crippen molar-refractivity contribution in [2.24, 2.45) is 0 Å². The number of aromatic nitrogens is 4. The number of fused-ring (bicyclic) bond motifs is 1. The van der Waals surface area contributed by atoms with Gasteiger partial charge in [0.1, 0.15) is 6.35 Å². The average Bonchev–Trinajstić information content (AvgIpc) is 3.34. The summed E-state index contributed by atoms with van der Waals surface area (Å²) in [6.45, 7) is 6.13. The molecule has 12 nitrogen and oxygen atoms in total. The highest BCUT2D eigenvalue weighted by atomic mass is 31.2. The molecule has 0 aliphatic rings. The molecule has 2 aromatic rings. The van der Waals surface area contributed by atoms with E-state index in [1.165, 1.54) is 90.5 Å². The molecular weight excluding hydrogens is 573 g/mol. The molecular formula is C30H56N5O7P. The number of hydrogen-bond acceptors (Lipinski definition) is 9. The Morgan fingerprint density at radius 3 is 2.16 bits per heavy atom. The summed E-state index contributed by atoms with van der Waals surface area (Å²) in [5.41, 5.74) is 5.62. The summed E-state index contributed by atoms with van der Waals surface area (Å²) in [5.74, 6) is -0.0377. The van der Waals surface area contributed by atoms with Gasteiger partial charge in [-0.2, -0.15) is 4.98 Å². The van der Waals surface area contributed by atoms with Crippen molar-refractivity contribution < 1.29 is 28.2 Å². The Morgan fingerprint density at radius 1 is 1.00 bits per heavy atom. The lowest BCUT2D eigenvalue weighted by Crippen LogP contribution is -2.27. The maximum Gasteiger partial charge on any atom is 0.355 e. The van der Waals surface area contributed by atoms with Gasteiger partial charge in [0.15, 0.2) is 17.5 Å². The van der Waals surface area contributed by atoms with Crippen molar-refractivity contribution in [1.29, 1.82) is 0 Å². The molecule has 0 bridgehead atoms. The van der Waals surface area contributed by atoms with Crippen molar-refractivity contribution in [1.82, 2.24) is 19.5 Å². The Labute approximate surface area is 257 Å². The first-order chi connectivity index (χ1) is 20.6. The molecule has 2 aromatic heterocycles. The van der Waals surface area contributed by atoms with Crippen molar-refractivity contribution in [2.45, 2.75) is 142 Å². The molecule has 0 saturated carbocycles. The van der Waals surface area contributed by atoms with Crippen LogP contribution in [0.2, 0.25) is 0 Å². The summed E-state index contributed by atoms with van der Waals surface area (Å²) in [7, 11) is -2.62. The maximum absolute atomic E-state index is 12.7. The number of anilines is 1. The number of unbranched alkanes of at least 4 members (excludes halogenated alkanes) is 13. The Morgan fingerprint density at radius 2 is 1.58 bits per heavy atom. The summed E-state index contributed by atoms with van der Waals surface area (Å²) < 4.78 is 36.3. The monoisotopic (exact) mass is 629 g/mol. The predicted octanol–water partition coefficient (Wildman–Crippen LogP) is 6.52. The van der Waals surface area contributed by atoms with Gasteiger partial charge in [-0.25, -0.2) is 4.98 Å². The lowest BCUT2D eigenvalue weighted by Gasteiger charge is -2.24. The van der Waals surface area contributed by atoms with Crippen molar-refractivity contribution in [3.63, 3.8) is 0 Å². The van der Waals surface area contributed by atoms with Crippen LogP contribution in [0.4, 0.5) is 5.95 Å². The minimum atomic E-state index is -4.12. The van der Waals surface area contributed by atoms with Gasteiger partial charge in [-0.15, -0.1) is 0 Å². The normalized spacial score (nSPS) is 15.5. The van der Waals surface area contributed by atoms with Gasteiger partial charge in [0, 0.05) is 7.11 Å². The topological polar surface area (TPSA) is 164 Å². The van der Waals surface area contributed by atoms with Gasteiger partial charge in [0.2, 0.25) is 5.95 Å². The summed E-state index contributed by atoms with van der Waals surface area (Å²) >= 11 is 0. The number of methoxy groups -OCH3 is 1. The van der Waals surface area contributed by atoms with Crippen LogP contribution < -0.4 is 11.3 Å². The van der Waals surface area contributed by atoms with E-state index in [9.17, 15) is 14.3 Å². The van der Waals surface area contributed by atoms with E-state index >= 15 is 0 Å². The Hall–Kier alpha value is -1.82. The predicted molar refractivity (Wildman–Crippen MR) is 170 cm³/mol. The number of rotatable bonds is 26. The highest BCUT2D eigenvalue weighted by molar-refractivity contribution is 7.52. The Balaban J connectivity index is 1.60. The highest BCUT2D eigenvalue weighted by Gasteiger charge is 2.27. The first-order valence-corrected chi connectivity index (χ1v) is 17.9. The van der Waals surface area contributed by atoms with Gasteiger partial charge >= 0.3 is 7.60 Å². The van der Waals surface area contributed by atoms with Crippen LogP contribution in [0.15, 0.2) is 11.1 Å². The summed E-state index contributed by atoms with van der Waals surface area (Å²) in [6, 6.07) is 0. The molecule has 43 heavy (non-hydrogen) atoms. The number of ether oxygens (including phenoxy) is 3. The number of nitrogens with two attached hydrogens (primary N) is 1. The molecule has 2 rings (SSSR count). The van der Waals surface area contributed by atoms with E-state index in [0.29, 0.717) is 0 Å². The van der Waals surface area contributed by atoms with Crippen LogP contribution >= 0.6 is 7.60 Å². The van der Waals surface area contributed by atoms with E-state index in [4.69, 9.17) is 24.5 Å². The summed E-state index contributed by atoms with van der Waals surface area (Å²) in [6.07, 6.45) is 18.6. The van der Waals surface area contributed by atoms with E-state index < -0.39 is 31.9 Å². The molecule has 2 heterocycles. The maximum atomic E-state index is 12.7. The molecule has 3 unspecified atom stereocenters. The molecule has 0 fully saturated rings. The second-order valence-corrected chi connectivity index (χ2v) is 13.3. The molecule has 0 saturated heterocycles. The summed E-state index contributed by atoms with van der Waals surface area (Å²) in [5, 5.41) is 0. The zero-order valence-corrected chi connectivity index (χ0v) is 27.7. The molecule has 0 radical (unpaired) electrons. The first kappa shape index (κ1) is 37.4. The van der Waals surface area contributed by atoms with Crippen molar-refractivity contribution in [2.75, 3.05) is 25.8 Å². The summed E-state index contributed by atoms with van der Waals surface area (Å²) in [4.78, 5) is 33.0. The zero-order chi connectivity index (χ0) is 31.5. The fourth-order valence-corrected chi connectivity index (χ4v) is 6.15. The number of nitrogens with zero attached hydrogens (tertiary/aromatic N) is 3. The fraction of sp³-hybridized carbons (Fsp3) is 0.833. The molecule has 0 aromatic carbocycles. The van der Waals surface area contributed by atoms with Crippen LogP contribution in [0.25, 0.3) is 11.2 Å². The number of H-pyrrole nitrogens is 1. The second-order valence-electron chi connectivity index (χ2n) is 11.5. The third-order valence-electron chi connectivity index (χ3n) is 7.42. The number of aromatic amines is 1. The first-order valence-electron chi connectivity index (χ1n) is 16.1. The molecule has 0 spiro atoms. The molecule has 0 aliphatic carbocycles. The highest BCUT2D eigenvalue weighted by Crippen LogP contribution is 2.44. The smallest absolute Gasteiger partial charge is 0.355 e. The SMILES string of the molecule is CCCCCCCCCCCCCCCCC(C)OC(C)OP(=O)(O)CO[C@@H](COC)Cn1cnc2c(=O)[nH]c(N)nc21. The van der Waals surface area contributed by atoms with Crippen LogP contribution in [-0.4, -0.2) is 63.0 Å². The Kier molecular flexibility index (Phi) is 18.3. The quantitative estimate of drug-likeness (QED) is 0.0593. The van der Waals surface area contributed by atoms with Gasteiger partial charge in [-0.05, 0) is 20.3 Å². The van der Waals surface area contributed by atoms with E-state index in [1.54, 1.807) is 11.5 Å². The molecule has 4 N–H and O–H groups in total. The van der Waals surface area contributed by atoms with E-state index in [0.717, 1.165) is 19.3 Å². The zero-order valence-electron chi connectivity index (χ0n) is 26.8. The van der Waals surface area contributed by atoms with E-state index in [-0.39, 0.29) is 36.4 Å². The van der Waals surface area contributed by atoms with Crippen molar-refractivity contribution >= 4 is 24.7 Å². The van der Waals surface area contributed by atoms with E-state index in [2.05, 4.69) is 21.9 Å². The number of imidazole rings is 1. The standard InChI is InChI=1S/C30H56N5O7P/c1-5-6-7-8-9-10-11-12-13-14-15-16-17-18-19-24(2)41-25(3)42-43(37,38)23-40-26(21-39-4)20-35-22-32-27-28(35)33-30(31)34-29(27)36/h22,24-26H,5-21,23H2,1-4H3,(H,37,38)(H3,31,33,34,36)/t24?,25?,26-/m1/s1. The van der Waals surface area contributed by atoms with Crippen LogP contribution in [0.3, 0.4) is 0 Å². The second kappa shape index (κ2) is 21.0. The van der Waals surface area contributed by atoms with Gasteiger partial charge in [-0.3, -0.25) is 18.9 Å². The van der Waals surface area contributed by atoms with Crippen LogP contribution in [0.5, 0.6) is 0 Å². The third-order valence-corrected chi connectivity index (χ3v) is 8.52. The van der Waals surface area contributed by atoms with Crippen LogP contribution in [0, 0.1) is 0 Å². The van der Waals surface area contributed by atoms with Crippen LogP contribution in [0.1, 0.15) is 117 Å². The Bertz CT molecular complexity index is 1130. The van der Waals surface area contributed by atoms with Crippen molar-refractivity contribution in [3.8, 4) is 0 Å². The number of hydrogen-bond donors (Lipinski definition) is 3. The van der Waals surface area contributed by atoms with Gasteiger partial charge in [0.25, 0.3) is 5.56 Å². The number of nitrogen functional groups attached to an aromatic ring is 1. The minimum absolute atomic E-state index is 0.0377.